The second kappa shape index (κ2) is 4.43. The summed E-state index contributed by atoms with van der Waals surface area (Å²) >= 11 is 0. The average molecular weight is 261 g/mol. The van der Waals surface area contributed by atoms with E-state index in [0.717, 1.165) is 0 Å². The highest BCUT2D eigenvalue weighted by Crippen LogP contribution is 2.33. The van der Waals surface area contributed by atoms with Crippen molar-refractivity contribution in [2.24, 2.45) is 10.5 Å². The first kappa shape index (κ1) is 13.7. The van der Waals surface area contributed by atoms with E-state index in [4.69, 9.17) is 0 Å². The Kier molecular flexibility index (Phi) is 3.20. The van der Waals surface area contributed by atoms with E-state index in [1.165, 1.54) is 5.01 Å². The molecule has 1 aromatic rings. The van der Waals surface area contributed by atoms with Crippen LogP contribution >= 0.6 is 0 Å². The zero-order valence-electron chi connectivity index (χ0n) is 11.6. The molecule has 0 saturated carbocycles. The summed E-state index contributed by atoms with van der Waals surface area (Å²) in [6, 6.07) is 9.19. The van der Waals surface area contributed by atoms with Crippen LogP contribution in [0.3, 0.4) is 0 Å². The molecule has 0 saturated heterocycles. The zero-order chi connectivity index (χ0) is 14.3. The molecule has 2 N–H and O–H groups in total. The van der Waals surface area contributed by atoms with E-state index in [1.807, 2.05) is 51.1 Å². The number of anilines is 1. The molecule has 1 aliphatic rings. The Labute approximate surface area is 112 Å². The lowest BCUT2D eigenvalue weighted by Crippen LogP contribution is -2.57. The Bertz CT molecular complexity index is 519. The Morgan fingerprint density at radius 2 is 1.84 bits per heavy atom. The van der Waals surface area contributed by atoms with Gasteiger partial charge in [-0.1, -0.05) is 39.0 Å². The van der Waals surface area contributed by atoms with Crippen molar-refractivity contribution in [3.05, 3.63) is 30.3 Å². The first-order chi connectivity index (χ1) is 8.80. The van der Waals surface area contributed by atoms with Gasteiger partial charge in [-0.3, -0.25) is 4.79 Å². The predicted molar refractivity (Wildman–Crippen MR) is 74.1 cm³/mol. The lowest BCUT2D eigenvalue weighted by atomic mass is 9.79. The van der Waals surface area contributed by atoms with E-state index in [0.29, 0.717) is 11.4 Å². The van der Waals surface area contributed by atoms with Crippen LogP contribution in [0.2, 0.25) is 0 Å². The standard InChI is InChI=1S/C14H19N3O2/c1-13(2,3)11-14(4,16-19)12(18)17(15-11)10-8-6-5-7-9-10/h5-9,16,19H,1-4H3. The van der Waals surface area contributed by atoms with Crippen LogP contribution in [-0.2, 0) is 4.79 Å². The highest BCUT2D eigenvalue weighted by molar-refractivity contribution is 6.24. The van der Waals surface area contributed by atoms with Crippen LogP contribution < -0.4 is 10.5 Å². The van der Waals surface area contributed by atoms with Crippen LogP contribution in [0.4, 0.5) is 5.69 Å². The van der Waals surface area contributed by atoms with Crippen LogP contribution in [0.5, 0.6) is 0 Å². The van der Waals surface area contributed by atoms with E-state index in [9.17, 15) is 10.0 Å². The summed E-state index contributed by atoms with van der Waals surface area (Å²) in [6.07, 6.45) is 0. The molecule has 0 spiro atoms. The molecule has 2 rings (SSSR count). The van der Waals surface area contributed by atoms with Crippen molar-refractivity contribution in [2.45, 2.75) is 33.2 Å². The van der Waals surface area contributed by atoms with Crippen molar-refractivity contribution in [3.63, 3.8) is 0 Å². The van der Waals surface area contributed by atoms with Crippen LogP contribution in [0.1, 0.15) is 27.7 Å². The van der Waals surface area contributed by atoms with Gasteiger partial charge in [-0.25, -0.2) is 0 Å². The van der Waals surface area contributed by atoms with E-state index < -0.39 is 5.54 Å². The van der Waals surface area contributed by atoms with Gasteiger partial charge in [0.1, 0.15) is 0 Å². The summed E-state index contributed by atoms with van der Waals surface area (Å²) in [6.45, 7) is 7.53. The number of nitrogens with one attached hydrogen (secondary N) is 1. The summed E-state index contributed by atoms with van der Waals surface area (Å²) in [7, 11) is 0. The van der Waals surface area contributed by atoms with Crippen molar-refractivity contribution < 1.29 is 10.0 Å². The molecule has 1 aromatic carbocycles. The topological polar surface area (TPSA) is 64.9 Å². The van der Waals surface area contributed by atoms with Crippen molar-refractivity contribution in [3.8, 4) is 0 Å². The van der Waals surface area contributed by atoms with Gasteiger partial charge in [0.25, 0.3) is 5.91 Å². The highest BCUT2D eigenvalue weighted by Gasteiger charge is 2.51. The molecule has 0 aromatic heterocycles. The van der Waals surface area contributed by atoms with Crippen LogP contribution in [0.25, 0.3) is 0 Å². The number of para-hydroxylation sites is 1. The van der Waals surface area contributed by atoms with Gasteiger partial charge in [0, 0.05) is 5.41 Å². The first-order valence-corrected chi connectivity index (χ1v) is 6.21. The third-order valence-corrected chi connectivity index (χ3v) is 3.23. The summed E-state index contributed by atoms with van der Waals surface area (Å²) in [5.41, 5.74) is 1.90. The van der Waals surface area contributed by atoms with Crippen LogP contribution in [0.15, 0.2) is 35.4 Å². The Hall–Kier alpha value is -1.72. The van der Waals surface area contributed by atoms with E-state index in [1.54, 1.807) is 6.92 Å². The number of nitrogens with zero attached hydrogens (tertiary/aromatic N) is 2. The van der Waals surface area contributed by atoms with Gasteiger partial charge >= 0.3 is 0 Å². The summed E-state index contributed by atoms with van der Waals surface area (Å²) in [5, 5.41) is 15.2. The van der Waals surface area contributed by atoms with Crippen molar-refractivity contribution in [1.29, 1.82) is 0 Å². The molecule has 1 aliphatic heterocycles. The fourth-order valence-electron chi connectivity index (χ4n) is 2.30. The van der Waals surface area contributed by atoms with Crippen LogP contribution in [-0.4, -0.2) is 22.4 Å². The largest absolute Gasteiger partial charge is 0.315 e. The number of hydrazone groups is 1. The molecule has 1 unspecified atom stereocenters. The Morgan fingerprint density at radius 3 is 2.26 bits per heavy atom. The van der Waals surface area contributed by atoms with Gasteiger partial charge in [-0.05, 0) is 19.1 Å². The lowest BCUT2D eigenvalue weighted by molar-refractivity contribution is -0.124. The Balaban J connectivity index is 2.50. The molecule has 102 valence electrons. The first-order valence-electron chi connectivity index (χ1n) is 6.21. The minimum absolute atomic E-state index is 0.286. The fraction of sp³-hybridized carbons (Fsp3) is 0.429. The molecule has 0 fully saturated rings. The number of hydrogen-bond acceptors (Lipinski definition) is 4. The predicted octanol–water partition coefficient (Wildman–Crippen LogP) is 2.17. The number of amides is 1. The monoisotopic (exact) mass is 261 g/mol. The average Bonchev–Trinajstić information content (AvgIpc) is 2.64. The van der Waals surface area contributed by atoms with E-state index in [2.05, 4.69) is 10.6 Å². The second-order valence-electron chi connectivity index (χ2n) is 5.89. The number of carbonyl (C=O) groups excluding carboxylic acids is 1. The second-order valence-corrected chi connectivity index (χ2v) is 5.89. The summed E-state index contributed by atoms with van der Waals surface area (Å²) in [4.78, 5) is 12.5. The Morgan fingerprint density at radius 1 is 1.26 bits per heavy atom. The third-order valence-electron chi connectivity index (χ3n) is 3.23. The van der Waals surface area contributed by atoms with Crippen molar-refractivity contribution in [1.82, 2.24) is 5.48 Å². The number of carbonyl (C=O) groups is 1. The van der Waals surface area contributed by atoms with Crippen molar-refractivity contribution >= 4 is 17.3 Å². The minimum atomic E-state index is -1.19. The lowest BCUT2D eigenvalue weighted by Gasteiger charge is -2.29. The third kappa shape index (κ3) is 2.15. The highest BCUT2D eigenvalue weighted by atomic mass is 16.5. The molecule has 1 amide bonds. The molecule has 1 atom stereocenters. The van der Waals surface area contributed by atoms with Gasteiger partial charge in [0.2, 0.25) is 0 Å². The van der Waals surface area contributed by atoms with E-state index >= 15 is 0 Å². The molecule has 1 heterocycles. The smallest absolute Gasteiger partial charge is 0.275 e. The maximum Gasteiger partial charge on any atom is 0.275 e. The maximum absolute atomic E-state index is 12.5. The maximum atomic E-state index is 12.5. The number of hydroxylamine groups is 1. The SMILES string of the molecule is CC(C)(C)C1=NN(c2ccccc2)C(=O)C1(C)NO. The van der Waals surface area contributed by atoms with Gasteiger partial charge in [-0.15, -0.1) is 0 Å². The molecule has 5 heteroatoms. The minimum Gasteiger partial charge on any atom is -0.315 e. The summed E-state index contributed by atoms with van der Waals surface area (Å²) < 4.78 is 0. The number of hydrogen-bond donors (Lipinski definition) is 2. The quantitative estimate of drug-likeness (QED) is 0.802. The van der Waals surface area contributed by atoms with Gasteiger partial charge < -0.3 is 5.21 Å². The molecule has 0 aliphatic carbocycles. The molecule has 19 heavy (non-hydrogen) atoms. The molecule has 0 radical (unpaired) electrons. The molecule has 0 bridgehead atoms. The summed E-state index contributed by atoms with van der Waals surface area (Å²) in [5.74, 6) is -0.286. The molecular weight excluding hydrogens is 242 g/mol. The number of benzene rings is 1. The molecular formula is C14H19N3O2. The van der Waals surface area contributed by atoms with E-state index in [-0.39, 0.29) is 11.3 Å². The van der Waals surface area contributed by atoms with Gasteiger partial charge in [0.05, 0.1) is 11.4 Å². The zero-order valence-corrected chi connectivity index (χ0v) is 11.6. The molecule has 5 nitrogen and oxygen atoms in total. The van der Waals surface area contributed by atoms with Gasteiger partial charge in [0.15, 0.2) is 5.54 Å². The van der Waals surface area contributed by atoms with Gasteiger partial charge in [-0.2, -0.15) is 15.6 Å². The van der Waals surface area contributed by atoms with Crippen LogP contribution in [0, 0.1) is 5.41 Å². The number of rotatable bonds is 2. The normalized spacial score (nSPS) is 23.7. The fourth-order valence-corrected chi connectivity index (χ4v) is 2.30. The van der Waals surface area contributed by atoms with Crippen molar-refractivity contribution in [2.75, 3.05) is 5.01 Å².